The Kier molecular flexibility index (Phi) is 3.74. The lowest BCUT2D eigenvalue weighted by Gasteiger charge is -2.09. The molecule has 0 saturated carbocycles. The Morgan fingerprint density at radius 1 is 1.19 bits per heavy atom. The van der Waals surface area contributed by atoms with Gasteiger partial charge in [-0.2, -0.15) is 5.10 Å². The summed E-state index contributed by atoms with van der Waals surface area (Å²) in [6, 6.07) is 13.7. The van der Waals surface area contributed by atoms with Crippen molar-refractivity contribution in [2.75, 3.05) is 5.73 Å². The molecule has 0 fully saturated rings. The summed E-state index contributed by atoms with van der Waals surface area (Å²) < 4.78 is 1.05. The Bertz CT molecular complexity index is 811. The first-order chi connectivity index (χ1) is 10.1. The van der Waals surface area contributed by atoms with Crippen molar-refractivity contribution in [1.29, 1.82) is 0 Å². The molecule has 1 heterocycles. The van der Waals surface area contributed by atoms with Gasteiger partial charge >= 0.3 is 0 Å². The zero-order chi connectivity index (χ0) is 15.0. The van der Waals surface area contributed by atoms with Gasteiger partial charge in [0.05, 0.1) is 11.3 Å². The Labute approximate surface area is 136 Å². The van der Waals surface area contributed by atoms with E-state index in [1.807, 2.05) is 42.5 Å². The molecule has 0 bridgehead atoms. The van der Waals surface area contributed by atoms with Crippen LogP contribution in [0.15, 0.2) is 46.9 Å². The maximum absolute atomic E-state index is 6.09. The van der Waals surface area contributed by atoms with Gasteiger partial charge in [0.2, 0.25) is 0 Å². The predicted molar refractivity (Wildman–Crippen MR) is 91.3 cm³/mol. The lowest BCUT2D eigenvalue weighted by molar-refractivity contribution is 1.10. The Morgan fingerprint density at radius 2 is 1.95 bits per heavy atom. The van der Waals surface area contributed by atoms with Crippen LogP contribution in [0.5, 0.6) is 0 Å². The predicted octanol–water partition coefficient (Wildman–Crippen LogP) is 5.05. The minimum atomic E-state index is 0.464. The highest BCUT2D eigenvalue weighted by Crippen LogP contribution is 2.38. The fraction of sp³-hybridized carbons (Fsp3) is 0.0625. The van der Waals surface area contributed by atoms with Crippen LogP contribution in [0.3, 0.4) is 0 Å². The minimum Gasteiger partial charge on any atom is -0.382 e. The number of nitrogens with zero attached hydrogens (tertiary/aromatic N) is 1. The lowest BCUT2D eigenvalue weighted by Crippen LogP contribution is -1.90. The number of nitrogens with one attached hydrogen (secondary N) is 1. The number of nitrogen functional groups attached to an aromatic ring is 1. The molecule has 0 spiro atoms. The van der Waals surface area contributed by atoms with E-state index < -0.39 is 0 Å². The maximum atomic E-state index is 6.09. The van der Waals surface area contributed by atoms with E-state index in [0.29, 0.717) is 10.8 Å². The topological polar surface area (TPSA) is 54.7 Å². The molecule has 3 rings (SSSR count). The lowest BCUT2D eigenvalue weighted by atomic mass is 9.98. The van der Waals surface area contributed by atoms with Crippen LogP contribution >= 0.6 is 27.5 Å². The summed E-state index contributed by atoms with van der Waals surface area (Å²) in [6.45, 7) is 2.05. The van der Waals surface area contributed by atoms with Crippen molar-refractivity contribution in [3.05, 3.63) is 57.5 Å². The van der Waals surface area contributed by atoms with E-state index in [2.05, 4.69) is 33.1 Å². The normalized spacial score (nSPS) is 10.8. The first kappa shape index (κ1) is 14.2. The average Bonchev–Trinajstić information content (AvgIpc) is 2.83. The van der Waals surface area contributed by atoms with Crippen LogP contribution in [0.2, 0.25) is 5.02 Å². The third-order valence-electron chi connectivity index (χ3n) is 3.44. The van der Waals surface area contributed by atoms with Gasteiger partial charge in [-0.3, -0.25) is 5.10 Å². The second-order valence-corrected chi connectivity index (χ2v) is 6.07. The third kappa shape index (κ3) is 2.57. The molecule has 5 heteroatoms. The van der Waals surface area contributed by atoms with E-state index in [0.717, 1.165) is 32.4 Å². The smallest absolute Gasteiger partial charge is 0.153 e. The standard InChI is InChI=1S/C16H13BrClN3/c1-9-12(6-3-7-13(9)17)15-14(16(19)21-20-15)10-4-2-5-11(18)8-10/h2-8H,1H3,(H3,19,20,21). The number of benzene rings is 2. The average molecular weight is 363 g/mol. The van der Waals surface area contributed by atoms with E-state index >= 15 is 0 Å². The molecule has 106 valence electrons. The van der Waals surface area contributed by atoms with Gasteiger partial charge in [-0.25, -0.2) is 0 Å². The van der Waals surface area contributed by atoms with Crippen molar-refractivity contribution in [2.24, 2.45) is 0 Å². The van der Waals surface area contributed by atoms with Crippen molar-refractivity contribution in [3.8, 4) is 22.4 Å². The molecule has 1 aromatic heterocycles. The van der Waals surface area contributed by atoms with Gasteiger partial charge in [0.1, 0.15) is 0 Å². The summed E-state index contributed by atoms with van der Waals surface area (Å²) in [7, 11) is 0. The number of hydrogen-bond acceptors (Lipinski definition) is 2. The van der Waals surface area contributed by atoms with Crippen LogP contribution in [-0.2, 0) is 0 Å². The van der Waals surface area contributed by atoms with Crippen LogP contribution in [0.4, 0.5) is 5.82 Å². The summed E-state index contributed by atoms with van der Waals surface area (Å²) in [5.41, 5.74) is 11.0. The van der Waals surface area contributed by atoms with E-state index in [4.69, 9.17) is 17.3 Å². The first-order valence-electron chi connectivity index (χ1n) is 6.43. The van der Waals surface area contributed by atoms with Crippen LogP contribution < -0.4 is 5.73 Å². The quantitative estimate of drug-likeness (QED) is 0.670. The molecule has 0 aliphatic rings. The molecule has 0 unspecified atom stereocenters. The molecular formula is C16H13BrClN3. The second kappa shape index (κ2) is 5.54. The van der Waals surface area contributed by atoms with Crippen molar-refractivity contribution >= 4 is 33.3 Å². The summed E-state index contributed by atoms with van der Waals surface area (Å²) in [4.78, 5) is 0. The zero-order valence-corrected chi connectivity index (χ0v) is 13.7. The molecule has 0 aliphatic carbocycles. The van der Waals surface area contributed by atoms with E-state index in [1.165, 1.54) is 0 Å². The molecule has 21 heavy (non-hydrogen) atoms. The fourth-order valence-corrected chi connectivity index (χ4v) is 2.92. The van der Waals surface area contributed by atoms with Gasteiger partial charge in [0, 0.05) is 15.1 Å². The van der Waals surface area contributed by atoms with Crippen molar-refractivity contribution in [1.82, 2.24) is 10.2 Å². The Hall–Kier alpha value is -1.78. The molecule has 0 amide bonds. The van der Waals surface area contributed by atoms with Crippen LogP contribution in [0, 0.1) is 6.92 Å². The monoisotopic (exact) mass is 361 g/mol. The van der Waals surface area contributed by atoms with Gasteiger partial charge in [0.15, 0.2) is 5.82 Å². The van der Waals surface area contributed by atoms with Gasteiger partial charge in [-0.05, 0) is 36.2 Å². The van der Waals surface area contributed by atoms with Crippen molar-refractivity contribution in [3.63, 3.8) is 0 Å². The van der Waals surface area contributed by atoms with Crippen LogP contribution in [0.1, 0.15) is 5.56 Å². The molecular weight excluding hydrogens is 350 g/mol. The Balaban J connectivity index is 2.24. The van der Waals surface area contributed by atoms with Gasteiger partial charge < -0.3 is 5.73 Å². The molecule has 2 aromatic carbocycles. The summed E-state index contributed by atoms with van der Waals surface area (Å²) in [5, 5.41) is 7.87. The van der Waals surface area contributed by atoms with Crippen molar-refractivity contribution in [2.45, 2.75) is 6.92 Å². The number of H-pyrrole nitrogens is 1. The number of hydrogen-bond donors (Lipinski definition) is 2. The van der Waals surface area contributed by atoms with Crippen LogP contribution in [-0.4, -0.2) is 10.2 Å². The van der Waals surface area contributed by atoms with E-state index in [-0.39, 0.29) is 0 Å². The molecule has 0 aliphatic heterocycles. The summed E-state index contributed by atoms with van der Waals surface area (Å²) >= 11 is 9.65. The number of halogens is 2. The van der Waals surface area contributed by atoms with Gasteiger partial charge in [-0.1, -0.05) is 51.8 Å². The number of anilines is 1. The zero-order valence-electron chi connectivity index (χ0n) is 11.3. The number of rotatable bonds is 2. The maximum Gasteiger partial charge on any atom is 0.153 e. The van der Waals surface area contributed by atoms with E-state index in [9.17, 15) is 0 Å². The molecule has 0 saturated heterocycles. The van der Waals surface area contributed by atoms with Gasteiger partial charge in [-0.15, -0.1) is 0 Å². The number of nitrogens with two attached hydrogens (primary N) is 1. The molecule has 0 radical (unpaired) electrons. The highest BCUT2D eigenvalue weighted by atomic mass is 79.9. The largest absolute Gasteiger partial charge is 0.382 e. The Morgan fingerprint density at radius 3 is 2.71 bits per heavy atom. The van der Waals surface area contributed by atoms with Crippen LogP contribution in [0.25, 0.3) is 22.4 Å². The minimum absolute atomic E-state index is 0.464. The molecule has 3 nitrogen and oxygen atoms in total. The number of aromatic nitrogens is 2. The highest BCUT2D eigenvalue weighted by Gasteiger charge is 2.17. The summed E-state index contributed by atoms with van der Waals surface area (Å²) in [6.07, 6.45) is 0. The highest BCUT2D eigenvalue weighted by molar-refractivity contribution is 9.10. The molecule has 3 N–H and O–H groups in total. The third-order valence-corrected chi connectivity index (χ3v) is 4.54. The molecule has 0 atom stereocenters. The SMILES string of the molecule is Cc1c(Br)cccc1-c1[nH]nc(N)c1-c1cccc(Cl)c1. The second-order valence-electron chi connectivity index (χ2n) is 4.78. The van der Waals surface area contributed by atoms with Gasteiger partial charge in [0.25, 0.3) is 0 Å². The first-order valence-corrected chi connectivity index (χ1v) is 7.60. The number of aromatic amines is 1. The van der Waals surface area contributed by atoms with E-state index in [1.54, 1.807) is 0 Å². The summed E-state index contributed by atoms with van der Waals surface area (Å²) in [5.74, 6) is 0.464. The van der Waals surface area contributed by atoms with Crippen molar-refractivity contribution < 1.29 is 0 Å². The molecule has 3 aromatic rings. The fourth-order valence-electron chi connectivity index (χ4n) is 2.37.